The third-order valence-electron chi connectivity index (χ3n) is 3.04. The van der Waals surface area contributed by atoms with E-state index in [1.54, 1.807) is 0 Å². The minimum atomic E-state index is -6.83. The fourth-order valence-electron chi connectivity index (χ4n) is 1.70. The molecule has 0 atom stereocenters. The second kappa shape index (κ2) is 7.54. The van der Waals surface area contributed by atoms with Gasteiger partial charge in [-0.05, 0) is 0 Å². The van der Waals surface area contributed by atoms with Crippen molar-refractivity contribution in [2.45, 2.75) is 17.4 Å². The molecule has 0 N–H and O–H groups in total. The number of benzene rings is 2. The summed E-state index contributed by atoms with van der Waals surface area (Å²) in [5.41, 5.74) is 0. The standard InChI is InChI=1S/C15H10F7IO3S/c16-13(17,14(18,19)20)15(21,22)27(24,25)26-23(11-7-3-1-4-8-11)12-9-5-2-6-10-12/h1-10H. The summed E-state index contributed by atoms with van der Waals surface area (Å²) in [5, 5.41) is -6.50. The molecule has 3 nitrogen and oxygen atoms in total. The first-order chi connectivity index (χ1) is 12.3. The van der Waals surface area contributed by atoms with Gasteiger partial charge < -0.3 is 0 Å². The molecule has 12 heteroatoms. The fourth-order valence-corrected chi connectivity index (χ4v) is 8.72. The molecule has 0 spiro atoms. The Morgan fingerprint density at radius 3 is 1.41 bits per heavy atom. The molecule has 0 aromatic heterocycles. The SMILES string of the molecule is O=S(=O)(OI(c1ccccc1)c1ccccc1)C(F)(F)C(F)(F)C(F)(F)F. The molecule has 2 aromatic carbocycles. The van der Waals surface area contributed by atoms with Gasteiger partial charge in [0.15, 0.2) is 0 Å². The molecule has 2 rings (SSSR count). The number of rotatable bonds is 6. The zero-order chi connectivity index (χ0) is 20.5. The van der Waals surface area contributed by atoms with Gasteiger partial charge in [-0.2, -0.15) is 0 Å². The van der Waals surface area contributed by atoms with Crippen LogP contribution in [0.15, 0.2) is 60.7 Å². The van der Waals surface area contributed by atoms with Gasteiger partial charge >= 0.3 is 157 Å². The van der Waals surface area contributed by atoms with Crippen LogP contribution in [-0.2, 0) is 12.6 Å². The molecular weight excluding hydrogens is 520 g/mol. The maximum absolute atomic E-state index is 13.7. The van der Waals surface area contributed by atoms with Crippen molar-refractivity contribution in [2.75, 3.05) is 0 Å². The quantitative estimate of drug-likeness (QED) is 0.377. The zero-order valence-corrected chi connectivity index (χ0v) is 15.9. The van der Waals surface area contributed by atoms with Crippen LogP contribution in [0.5, 0.6) is 0 Å². The van der Waals surface area contributed by atoms with Crippen molar-refractivity contribution in [3.05, 3.63) is 67.8 Å². The molecule has 0 aliphatic carbocycles. The van der Waals surface area contributed by atoms with Crippen molar-refractivity contribution in [3.8, 4) is 0 Å². The summed E-state index contributed by atoms with van der Waals surface area (Å²) in [6.07, 6.45) is -6.79. The van der Waals surface area contributed by atoms with E-state index in [1.165, 1.54) is 60.7 Å². The summed E-state index contributed by atoms with van der Waals surface area (Å²) in [6.45, 7) is 0. The average molecular weight is 530 g/mol. The van der Waals surface area contributed by atoms with Gasteiger partial charge in [0.2, 0.25) is 0 Å². The molecule has 0 aliphatic heterocycles. The molecule has 0 bridgehead atoms. The molecule has 0 radical (unpaired) electrons. The van der Waals surface area contributed by atoms with E-state index in [0.29, 0.717) is 0 Å². The maximum atomic E-state index is 13.7. The van der Waals surface area contributed by atoms with E-state index in [-0.39, 0.29) is 7.14 Å². The minimum absolute atomic E-state index is 0.114. The van der Waals surface area contributed by atoms with Crippen LogP contribution in [0, 0.1) is 7.14 Å². The molecular formula is C15H10F7IO3S. The van der Waals surface area contributed by atoms with E-state index in [1.807, 2.05) is 0 Å². The average Bonchev–Trinajstić information content (AvgIpc) is 2.60. The Morgan fingerprint density at radius 2 is 1.07 bits per heavy atom. The Labute approximate surface area is 157 Å². The number of alkyl halides is 7. The van der Waals surface area contributed by atoms with Gasteiger partial charge in [-0.1, -0.05) is 0 Å². The van der Waals surface area contributed by atoms with Crippen LogP contribution in [0.2, 0.25) is 0 Å². The van der Waals surface area contributed by atoms with Crippen molar-refractivity contribution in [1.29, 1.82) is 0 Å². The van der Waals surface area contributed by atoms with Crippen LogP contribution in [0.1, 0.15) is 0 Å². The van der Waals surface area contributed by atoms with Crippen LogP contribution in [0.4, 0.5) is 30.7 Å². The summed E-state index contributed by atoms with van der Waals surface area (Å²) < 4.78 is 119. The number of hydrogen-bond donors (Lipinski definition) is 0. The van der Waals surface area contributed by atoms with Crippen LogP contribution < -0.4 is 0 Å². The van der Waals surface area contributed by atoms with Crippen molar-refractivity contribution in [2.24, 2.45) is 0 Å². The van der Waals surface area contributed by atoms with E-state index in [0.717, 1.165) is 0 Å². The third-order valence-corrected chi connectivity index (χ3v) is 10.4. The molecule has 27 heavy (non-hydrogen) atoms. The molecule has 0 unspecified atom stereocenters. The van der Waals surface area contributed by atoms with Gasteiger partial charge in [-0.3, -0.25) is 0 Å². The Bertz CT molecular complexity index is 832. The Hall–Kier alpha value is -1.41. The Kier molecular flexibility index (Phi) is 6.11. The van der Waals surface area contributed by atoms with Gasteiger partial charge in [0.1, 0.15) is 0 Å². The van der Waals surface area contributed by atoms with Gasteiger partial charge in [0, 0.05) is 0 Å². The summed E-state index contributed by atoms with van der Waals surface area (Å²) in [6, 6.07) is 14.0. The monoisotopic (exact) mass is 530 g/mol. The van der Waals surface area contributed by atoms with Gasteiger partial charge in [0.05, 0.1) is 0 Å². The summed E-state index contributed by atoms with van der Waals surface area (Å²) in [4.78, 5) is 0. The van der Waals surface area contributed by atoms with E-state index in [9.17, 15) is 39.2 Å². The summed E-state index contributed by atoms with van der Waals surface area (Å²) in [5.74, 6) is -6.83. The fraction of sp³-hybridized carbons (Fsp3) is 0.200. The van der Waals surface area contributed by atoms with Crippen LogP contribution in [0.3, 0.4) is 0 Å². The van der Waals surface area contributed by atoms with E-state index in [4.69, 9.17) is 0 Å². The molecule has 0 saturated heterocycles. The normalized spacial score (nSPS) is 14.1. The molecule has 0 aliphatic rings. The van der Waals surface area contributed by atoms with E-state index < -0.39 is 47.7 Å². The zero-order valence-electron chi connectivity index (χ0n) is 12.9. The third kappa shape index (κ3) is 4.21. The molecule has 150 valence electrons. The van der Waals surface area contributed by atoms with E-state index >= 15 is 0 Å². The second-order valence-electron chi connectivity index (χ2n) is 4.95. The van der Waals surface area contributed by atoms with Gasteiger partial charge in [-0.15, -0.1) is 0 Å². The molecule has 0 saturated carbocycles. The van der Waals surface area contributed by atoms with Crippen molar-refractivity contribution >= 4 is 30.4 Å². The molecule has 0 heterocycles. The van der Waals surface area contributed by atoms with Crippen molar-refractivity contribution < 1.29 is 41.7 Å². The Morgan fingerprint density at radius 1 is 0.704 bits per heavy atom. The molecule has 0 amide bonds. The predicted molar refractivity (Wildman–Crippen MR) is 90.3 cm³/mol. The van der Waals surface area contributed by atoms with Crippen molar-refractivity contribution in [3.63, 3.8) is 0 Å². The molecule has 0 fully saturated rings. The first-order valence-corrected chi connectivity index (χ1v) is 11.3. The number of hydrogen-bond acceptors (Lipinski definition) is 3. The topological polar surface area (TPSA) is 43.4 Å². The number of halogens is 8. The van der Waals surface area contributed by atoms with Crippen molar-refractivity contribution in [1.82, 2.24) is 0 Å². The van der Waals surface area contributed by atoms with Crippen LogP contribution >= 0.6 is 20.2 Å². The van der Waals surface area contributed by atoms with E-state index in [2.05, 4.69) is 2.51 Å². The van der Waals surface area contributed by atoms with Crippen LogP contribution in [-0.4, -0.2) is 25.8 Å². The summed E-state index contributed by atoms with van der Waals surface area (Å²) >= 11 is -3.79. The predicted octanol–water partition coefficient (Wildman–Crippen LogP) is 5.28. The van der Waals surface area contributed by atoms with Gasteiger partial charge in [0.25, 0.3) is 0 Å². The van der Waals surface area contributed by atoms with Crippen LogP contribution in [0.25, 0.3) is 0 Å². The first kappa shape index (κ1) is 21.9. The molecule has 2 aromatic rings. The summed E-state index contributed by atoms with van der Waals surface area (Å²) in [7, 11) is -6.63. The Balaban J connectivity index is 2.51. The second-order valence-corrected chi connectivity index (χ2v) is 11.5. The van der Waals surface area contributed by atoms with Gasteiger partial charge in [-0.25, -0.2) is 0 Å². The first-order valence-electron chi connectivity index (χ1n) is 6.88.